The molecule has 0 aliphatic heterocycles. The quantitative estimate of drug-likeness (QED) is 0.276. The van der Waals surface area contributed by atoms with Crippen molar-refractivity contribution >= 4 is 40.8 Å². The van der Waals surface area contributed by atoms with E-state index in [1.165, 1.54) is 22.0 Å². The Morgan fingerprint density at radius 1 is 1.22 bits per heavy atom. The summed E-state index contributed by atoms with van der Waals surface area (Å²) in [5.74, 6) is 1.16. The standard InChI is InChI=1S/C21H32N4O.HI/c1-3-15-7-5-9-18-16(13-24-20(15)18)11-12-23-21(22-4-2)25-14-17-8-6-10-19(17)26;/h5,7,9,13,17,19,24,26H,3-4,6,8,10-12,14H2,1-2H3,(H2,22,23,25);1H. The van der Waals surface area contributed by atoms with E-state index in [4.69, 9.17) is 0 Å². The Bertz CT molecular complexity index is 743. The molecule has 0 spiro atoms. The van der Waals surface area contributed by atoms with Crippen LogP contribution in [0.15, 0.2) is 29.4 Å². The van der Waals surface area contributed by atoms with Crippen molar-refractivity contribution in [2.24, 2.45) is 10.9 Å². The van der Waals surface area contributed by atoms with Gasteiger partial charge in [-0.15, -0.1) is 24.0 Å². The first-order valence-corrected chi connectivity index (χ1v) is 10.0. The zero-order chi connectivity index (χ0) is 18.4. The highest BCUT2D eigenvalue weighted by molar-refractivity contribution is 14.0. The van der Waals surface area contributed by atoms with Gasteiger partial charge in [0.2, 0.25) is 0 Å². The Labute approximate surface area is 179 Å². The molecule has 0 bridgehead atoms. The van der Waals surface area contributed by atoms with E-state index in [1.807, 2.05) is 0 Å². The summed E-state index contributed by atoms with van der Waals surface area (Å²) in [6.45, 7) is 6.64. The number of H-pyrrole nitrogens is 1. The predicted octanol–water partition coefficient (Wildman–Crippen LogP) is 3.61. The lowest BCUT2D eigenvalue weighted by Crippen LogP contribution is -2.38. The Kier molecular flexibility index (Phi) is 8.89. The van der Waals surface area contributed by atoms with E-state index in [-0.39, 0.29) is 30.1 Å². The maximum atomic E-state index is 9.96. The average molecular weight is 484 g/mol. The van der Waals surface area contributed by atoms with Gasteiger partial charge in [0.05, 0.1) is 6.10 Å². The molecule has 2 atom stereocenters. The first-order chi connectivity index (χ1) is 12.7. The van der Waals surface area contributed by atoms with Crippen molar-refractivity contribution in [2.75, 3.05) is 19.6 Å². The lowest BCUT2D eigenvalue weighted by atomic mass is 10.1. The summed E-state index contributed by atoms with van der Waals surface area (Å²) >= 11 is 0. The molecule has 1 saturated carbocycles. The first-order valence-electron chi connectivity index (χ1n) is 10.0. The van der Waals surface area contributed by atoms with Gasteiger partial charge in [-0.2, -0.15) is 0 Å². The summed E-state index contributed by atoms with van der Waals surface area (Å²) in [7, 11) is 0. The van der Waals surface area contributed by atoms with Gasteiger partial charge < -0.3 is 20.7 Å². The van der Waals surface area contributed by atoms with Crippen LogP contribution < -0.4 is 10.6 Å². The van der Waals surface area contributed by atoms with Crippen molar-refractivity contribution < 1.29 is 5.11 Å². The molecular formula is C21H33IN4O. The first kappa shape index (κ1) is 22.0. The van der Waals surface area contributed by atoms with Crippen molar-refractivity contribution in [3.8, 4) is 0 Å². The third-order valence-electron chi connectivity index (χ3n) is 5.40. The number of rotatable bonds is 7. The Hall–Kier alpha value is -1.28. The second-order valence-electron chi connectivity index (χ2n) is 7.16. The molecule has 150 valence electrons. The molecule has 1 aliphatic rings. The highest BCUT2D eigenvalue weighted by Crippen LogP contribution is 2.25. The minimum Gasteiger partial charge on any atom is -0.393 e. The smallest absolute Gasteiger partial charge is 0.191 e. The number of para-hydroxylation sites is 1. The summed E-state index contributed by atoms with van der Waals surface area (Å²) in [5.41, 5.74) is 3.97. The fourth-order valence-corrected chi connectivity index (χ4v) is 3.87. The molecule has 2 unspecified atom stereocenters. The van der Waals surface area contributed by atoms with Gasteiger partial charge in [0.15, 0.2) is 5.96 Å². The molecule has 2 aromatic rings. The number of nitrogens with zero attached hydrogens (tertiary/aromatic N) is 1. The number of aliphatic hydroxyl groups excluding tert-OH is 1. The van der Waals surface area contributed by atoms with Crippen molar-refractivity contribution in [3.05, 3.63) is 35.5 Å². The van der Waals surface area contributed by atoms with Gasteiger partial charge in [-0.25, -0.2) is 0 Å². The highest BCUT2D eigenvalue weighted by Gasteiger charge is 2.24. The number of hydrogen-bond acceptors (Lipinski definition) is 2. The fraction of sp³-hybridized carbons (Fsp3) is 0.571. The number of fused-ring (bicyclic) bond motifs is 1. The maximum absolute atomic E-state index is 9.96. The number of aromatic nitrogens is 1. The molecule has 0 saturated heterocycles. The van der Waals surface area contributed by atoms with Crippen LogP contribution in [0.25, 0.3) is 10.9 Å². The second kappa shape index (κ2) is 10.9. The normalized spacial score (nSPS) is 19.9. The van der Waals surface area contributed by atoms with Crippen LogP contribution in [0, 0.1) is 5.92 Å². The number of hydrogen-bond donors (Lipinski definition) is 4. The third kappa shape index (κ3) is 5.60. The zero-order valence-corrected chi connectivity index (χ0v) is 18.8. The van der Waals surface area contributed by atoms with E-state index in [0.717, 1.165) is 51.2 Å². The fourth-order valence-electron chi connectivity index (χ4n) is 3.87. The van der Waals surface area contributed by atoms with Gasteiger partial charge >= 0.3 is 0 Å². The maximum Gasteiger partial charge on any atom is 0.191 e. The summed E-state index contributed by atoms with van der Waals surface area (Å²) in [5, 5.41) is 18.0. The topological polar surface area (TPSA) is 72.4 Å². The van der Waals surface area contributed by atoms with E-state index < -0.39 is 0 Å². The molecule has 1 aromatic carbocycles. The molecule has 1 fully saturated rings. The highest BCUT2D eigenvalue weighted by atomic mass is 127. The predicted molar refractivity (Wildman–Crippen MR) is 124 cm³/mol. The minimum atomic E-state index is -0.180. The molecule has 3 rings (SSSR count). The molecular weight excluding hydrogens is 451 g/mol. The van der Waals surface area contributed by atoms with Crippen LogP contribution in [-0.2, 0) is 12.8 Å². The number of benzene rings is 1. The van der Waals surface area contributed by atoms with Crippen LogP contribution in [0.1, 0.15) is 44.2 Å². The van der Waals surface area contributed by atoms with Crippen LogP contribution in [0.5, 0.6) is 0 Å². The Balaban J connectivity index is 0.00000261. The molecule has 0 radical (unpaired) electrons. The van der Waals surface area contributed by atoms with Gasteiger partial charge in [0.1, 0.15) is 0 Å². The van der Waals surface area contributed by atoms with Crippen molar-refractivity contribution in [1.29, 1.82) is 0 Å². The number of aliphatic imine (C=N–C) groups is 1. The van der Waals surface area contributed by atoms with Crippen molar-refractivity contribution in [2.45, 2.75) is 52.1 Å². The lowest BCUT2D eigenvalue weighted by molar-refractivity contribution is 0.136. The molecule has 27 heavy (non-hydrogen) atoms. The van der Waals surface area contributed by atoms with Gasteiger partial charge in [0, 0.05) is 42.7 Å². The zero-order valence-electron chi connectivity index (χ0n) is 16.4. The Morgan fingerprint density at radius 2 is 2.07 bits per heavy atom. The monoisotopic (exact) mass is 484 g/mol. The SMILES string of the molecule is CCNC(=NCC1CCCC1O)NCCc1c[nH]c2c(CC)cccc12.I. The van der Waals surface area contributed by atoms with E-state index in [9.17, 15) is 5.11 Å². The third-order valence-corrected chi connectivity index (χ3v) is 5.40. The van der Waals surface area contributed by atoms with Gasteiger partial charge in [-0.05, 0) is 43.7 Å². The van der Waals surface area contributed by atoms with Crippen molar-refractivity contribution in [1.82, 2.24) is 15.6 Å². The molecule has 4 N–H and O–H groups in total. The van der Waals surface area contributed by atoms with E-state index >= 15 is 0 Å². The molecule has 5 nitrogen and oxygen atoms in total. The Morgan fingerprint density at radius 3 is 2.78 bits per heavy atom. The van der Waals surface area contributed by atoms with Gasteiger partial charge in [-0.3, -0.25) is 4.99 Å². The number of aryl methyl sites for hydroxylation is 1. The lowest BCUT2D eigenvalue weighted by Gasteiger charge is -2.15. The number of guanidine groups is 1. The van der Waals surface area contributed by atoms with Gasteiger partial charge in [0.25, 0.3) is 0 Å². The summed E-state index contributed by atoms with van der Waals surface area (Å²) in [6.07, 6.45) is 7.06. The van der Waals surface area contributed by atoms with Crippen LogP contribution >= 0.6 is 24.0 Å². The second-order valence-corrected chi connectivity index (χ2v) is 7.16. The number of nitrogens with one attached hydrogen (secondary N) is 3. The van der Waals surface area contributed by atoms with Crippen LogP contribution in [0.3, 0.4) is 0 Å². The number of halogens is 1. The number of aliphatic hydroxyl groups is 1. The molecule has 0 amide bonds. The minimum absolute atomic E-state index is 0. The molecule has 1 heterocycles. The van der Waals surface area contributed by atoms with Crippen LogP contribution in [0.4, 0.5) is 0 Å². The van der Waals surface area contributed by atoms with Gasteiger partial charge in [-0.1, -0.05) is 31.5 Å². The molecule has 6 heteroatoms. The van der Waals surface area contributed by atoms with E-state index in [0.29, 0.717) is 12.5 Å². The largest absolute Gasteiger partial charge is 0.393 e. The average Bonchev–Trinajstić information content (AvgIpc) is 3.25. The summed E-state index contributed by atoms with van der Waals surface area (Å²) in [4.78, 5) is 8.12. The van der Waals surface area contributed by atoms with Crippen LogP contribution in [0.2, 0.25) is 0 Å². The van der Waals surface area contributed by atoms with E-state index in [2.05, 4.69) is 58.9 Å². The summed E-state index contributed by atoms with van der Waals surface area (Å²) in [6, 6.07) is 6.53. The van der Waals surface area contributed by atoms with Crippen molar-refractivity contribution in [3.63, 3.8) is 0 Å². The summed E-state index contributed by atoms with van der Waals surface area (Å²) < 4.78 is 0. The molecule has 1 aromatic heterocycles. The number of aromatic amines is 1. The van der Waals surface area contributed by atoms with E-state index in [1.54, 1.807) is 0 Å². The van der Waals surface area contributed by atoms with Crippen LogP contribution in [-0.4, -0.2) is 41.8 Å². The molecule has 1 aliphatic carbocycles.